The second-order valence-corrected chi connectivity index (χ2v) is 12.6. The van der Waals surface area contributed by atoms with Crippen LogP contribution >= 0.6 is 22.9 Å². The Bertz CT molecular complexity index is 1310. The molecule has 2 aromatic carbocycles. The molecular weight excluding hydrogens is 535 g/mol. The fraction of sp³-hybridized carbons (Fsp3) is 0.370. The van der Waals surface area contributed by atoms with E-state index in [0.717, 1.165) is 12.0 Å². The first-order chi connectivity index (χ1) is 17.7. The highest BCUT2D eigenvalue weighted by atomic mass is 35.5. The summed E-state index contributed by atoms with van der Waals surface area (Å²) < 4.78 is 47.6. The van der Waals surface area contributed by atoms with E-state index in [4.69, 9.17) is 16.3 Å². The number of rotatable bonds is 10. The molecule has 10 heteroatoms. The van der Waals surface area contributed by atoms with Gasteiger partial charge in [0.1, 0.15) is 18.2 Å². The lowest BCUT2D eigenvalue weighted by Crippen LogP contribution is -2.48. The van der Waals surface area contributed by atoms with Crippen LogP contribution in [0.25, 0.3) is 0 Å². The van der Waals surface area contributed by atoms with Crippen LogP contribution in [0.5, 0.6) is 5.75 Å². The van der Waals surface area contributed by atoms with Crippen molar-refractivity contribution >= 4 is 38.9 Å². The molecule has 0 spiro atoms. The van der Waals surface area contributed by atoms with Crippen LogP contribution in [-0.2, 0) is 21.2 Å². The van der Waals surface area contributed by atoms with Crippen molar-refractivity contribution < 1.29 is 22.3 Å². The normalized spacial score (nSPS) is 16.5. The summed E-state index contributed by atoms with van der Waals surface area (Å²) in [5, 5.41) is 2.43. The zero-order valence-corrected chi connectivity index (χ0v) is 23.2. The first kappa shape index (κ1) is 27.6. The first-order valence-electron chi connectivity index (χ1n) is 12.2. The molecule has 2 atom stereocenters. The summed E-state index contributed by atoms with van der Waals surface area (Å²) in [4.78, 5) is 16.7. The van der Waals surface area contributed by atoms with Crippen molar-refractivity contribution in [3.05, 3.63) is 81.3 Å². The molecule has 37 heavy (non-hydrogen) atoms. The van der Waals surface area contributed by atoms with Crippen molar-refractivity contribution in [2.75, 3.05) is 26.2 Å². The van der Waals surface area contributed by atoms with E-state index in [2.05, 4.69) is 0 Å². The van der Waals surface area contributed by atoms with Gasteiger partial charge in [-0.2, -0.15) is 4.31 Å². The Labute approximate surface area is 226 Å². The minimum Gasteiger partial charge on any atom is -0.491 e. The monoisotopic (exact) mass is 564 g/mol. The fourth-order valence-electron chi connectivity index (χ4n) is 4.30. The number of hydrogen-bond donors (Lipinski definition) is 0. The third-order valence-corrected chi connectivity index (χ3v) is 9.69. The van der Waals surface area contributed by atoms with Gasteiger partial charge in [0.25, 0.3) is 0 Å². The molecule has 198 valence electrons. The van der Waals surface area contributed by atoms with E-state index in [1.807, 2.05) is 25.3 Å². The van der Waals surface area contributed by atoms with E-state index >= 15 is 0 Å². The van der Waals surface area contributed by atoms with Crippen molar-refractivity contribution in [2.24, 2.45) is 5.92 Å². The quantitative estimate of drug-likeness (QED) is 0.313. The molecular formula is C27H30ClFN2O4S2. The van der Waals surface area contributed by atoms with E-state index in [1.165, 1.54) is 45.6 Å². The van der Waals surface area contributed by atoms with Crippen molar-refractivity contribution in [1.29, 1.82) is 0 Å². The number of halogens is 2. The van der Waals surface area contributed by atoms with Crippen molar-refractivity contribution in [2.45, 2.75) is 37.6 Å². The van der Waals surface area contributed by atoms with E-state index in [0.29, 0.717) is 23.7 Å². The third-order valence-electron chi connectivity index (χ3n) is 6.61. The van der Waals surface area contributed by atoms with Crippen LogP contribution in [0.3, 0.4) is 0 Å². The zero-order chi connectivity index (χ0) is 26.6. The topological polar surface area (TPSA) is 66.9 Å². The SMILES string of the molecule is CCC(C)CN(CC(=O)N1CCc2sccc2C1COc1ccc(F)cc1)S(=O)(=O)c1ccc(Cl)cc1. The number of hydrogen-bond acceptors (Lipinski definition) is 5. The number of thiophene rings is 1. The molecule has 0 saturated carbocycles. The van der Waals surface area contributed by atoms with Crippen LogP contribution in [0.15, 0.2) is 64.9 Å². The van der Waals surface area contributed by atoms with Crippen LogP contribution in [-0.4, -0.2) is 49.8 Å². The van der Waals surface area contributed by atoms with Crippen LogP contribution in [0.4, 0.5) is 4.39 Å². The molecule has 0 radical (unpaired) electrons. The van der Waals surface area contributed by atoms with Gasteiger partial charge in [-0.15, -0.1) is 11.3 Å². The second-order valence-electron chi connectivity index (χ2n) is 9.18. The van der Waals surface area contributed by atoms with Gasteiger partial charge in [0, 0.05) is 23.0 Å². The Hall–Kier alpha value is -2.46. The smallest absolute Gasteiger partial charge is 0.243 e. The fourth-order valence-corrected chi connectivity index (χ4v) is 6.87. The molecule has 6 nitrogen and oxygen atoms in total. The summed E-state index contributed by atoms with van der Waals surface area (Å²) in [7, 11) is -3.92. The summed E-state index contributed by atoms with van der Waals surface area (Å²) in [6.45, 7) is 4.54. The average Bonchev–Trinajstić information content (AvgIpc) is 3.37. The summed E-state index contributed by atoms with van der Waals surface area (Å²) in [6.07, 6.45) is 1.47. The van der Waals surface area contributed by atoms with Crippen molar-refractivity contribution in [1.82, 2.24) is 9.21 Å². The zero-order valence-electron chi connectivity index (χ0n) is 20.8. The van der Waals surface area contributed by atoms with E-state index < -0.39 is 10.0 Å². The molecule has 0 aliphatic carbocycles. The molecule has 3 aromatic rings. The highest BCUT2D eigenvalue weighted by Crippen LogP contribution is 2.34. The minimum atomic E-state index is -3.92. The van der Waals surface area contributed by atoms with Gasteiger partial charge in [0.05, 0.1) is 17.5 Å². The second kappa shape index (κ2) is 11.9. The molecule has 0 bridgehead atoms. The van der Waals surface area contributed by atoms with Gasteiger partial charge in [0.2, 0.25) is 15.9 Å². The predicted molar refractivity (Wildman–Crippen MR) is 144 cm³/mol. The van der Waals surface area contributed by atoms with Crippen LogP contribution in [0.2, 0.25) is 5.02 Å². The number of sulfonamides is 1. The number of ether oxygens (including phenoxy) is 1. The molecule has 0 fully saturated rings. The Kier molecular flexibility index (Phi) is 8.90. The van der Waals surface area contributed by atoms with Gasteiger partial charge in [0.15, 0.2) is 0 Å². The van der Waals surface area contributed by atoms with Gasteiger partial charge in [-0.1, -0.05) is 31.9 Å². The van der Waals surface area contributed by atoms with Gasteiger partial charge in [-0.05, 0) is 77.9 Å². The summed E-state index contributed by atoms with van der Waals surface area (Å²) >= 11 is 7.60. The molecule has 2 heterocycles. The molecule has 1 aliphatic heterocycles. The van der Waals surface area contributed by atoms with Gasteiger partial charge >= 0.3 is 0 Å². The van der Waals surface area contributed by atoms with Gasteiger partial charge in [-0.3, -0.25) is 4.79 Å². The number of carbonyl (C=O) groups is 1. The average molecular weight is 565 g/mol. The third kappa shape index (κ3) is 6.52. The van der Waals surface area contributed by atoms with E-state index in [9.17, 15) is 17.6 Å². The number of amides is 1. The molecule has 1 aliphatic rings. The summed E-state index contributed by atoms with van der Waals surface area (Å²) in [5.74, 6) is -0.0761. The lowest BCUT2D eigenvalue weighted by molar-refractivity contribution is -0.135. The number of nitrogens with zero attached hydrogens (tertiary/aromatic N) is 2. The summed E-state index contributed by atoms with van der Waals surface area (Å²) in [5.41, 5.74) is 1.00. The predicted octanol–water partition coefficient (Wildman–Crippen LogP) is 5.78. The van der Waals surface area contributed by atoms with Crippen molar-refractivity contribution in [3.63, 3.8) is 0 Å². The van der Waals surface area contributed by atoms with Crippen LogP contribution < -0.4 is 4.74 Å². The molecule has 1 aromatic heterocycles. The Morgan fingerprint density at radius 2 is 1.89 bits per heavy atom. The molecule has 2 unspecified atom stereocenters. The molecule has 0 N–H and O–H groups in total. The van der Waals surface area contributed by atoms with Crippen LogP contribution in [0, 0.1) is 11.7 Å². The minimum absolute atomic E-state index is 0.0670. The number of carbonyl (C=O) groups excluding carboxylic acids is 1. The maximum absolute atomic E-state index is 13.7. The highest BCUT2D eigenvalue weighted by molar-refractivity contribution is 7.89. The maximum Gasteiger partial charge on any atom is 0.243 e. The molecule has 4 rings (SSSR count). The molecule has 0 saturated heterocycles. The van der Waals surface area contributed by atoms with Crippen LogP contribution in [0.1, 0.15) is 36.8 Å². The Morgan fingerprint density at radius 1 is 1.19 bits per heavy atom. The Morgan fingerprint density at radius 3 is 2.57 bits per heavy atom. The maximum atomic E-state index is 13.7. The highest BCUT2D eigenvalue weighted by Gasteiger charge is 2.35. The molecule has 1 amide bonds. The lowest BCUT2D eigenvalue weighted by Gasteiger charge is -2.37. The first-order valence-corrected chi connectivity index (χ1v) is 14.9. The standard InChI is InChI=1S/C27H30ClFN2O4S2/c1-3-19(2)16-30(37(33,34)23-10-4-20(28)5-11-23)17-27(32)31-14-12-26-24(13-15-36-26)25(31)18-35-22-8-6-21(29)7-9-22/h4-11,13,15,19,25H,3,12,14,16-18H2,1-2H3. The van der Waals surface area contributed by atoms with E-state index in [-0.39, 0.29) is 48.3 Å². The Balaban J connectivity index is 1.58. The van der Waals surface area contributed by atoms with E-state index in [1.54, 1.807) is 28.4 Å². The lowest BCUT2D eigenvalue weighted by atomic mass is 10.0. The van der Waals surface area contributed by atoms with Gasteiger partial charge in [-0.25, -0.2) is 12.8 Å². The largest absolute Gasteiger partial charge is 0.491 e. The van der Waals surface area contributed by atoms with Gasteiger partial charge < -0.3 is 9.64 Å². The van der Waals surface area contributed by atoms with Crippen molar-refractivity contribution in [3.8, 4) is 5.75 Å². The summed E-state index contributed by atoms with van der Waals surface area (Å²) in [6, 6.07) is 13.3. The number of benzene rings is 2. The number of fused-ring (bicyclic) bond motifs is 1.